The highest BCUT2D eigenvalue weighted by molar-refractivity contribution is 14.1. The van der Waals surface area contributed by atoms with E-state index in [0.717, 1.165) is 16.4 Å². The number of carbonyl (C=O) groups is 1. The van der Waals surface area contributed by atoms with Crippen molar-refractivity contribution in [2.45, 2.75) is 32.2 Å². The van der Waals surface area contributed by atoms with Crippen molar-refractivity contribution in [3.63, 3.8) is 0 Å². The van der Waals surface area contributed by atoms with Gasteiger partial charge in [-0.2, -0.15) is 0 Å². The van der Waals surface area contributed by atoms with E-state index in [1.165, 1.54) is 0 Å². The SMILES string of the molecule is CCCCC(N)C(=O)Nc1ccc(I)cc1Cl. The van der Waals surface area contributed by atoms with Crippen LogP contribution >= 0.6 is 34.2 Å². The summed E-state index contributed by atoms with van der Waals surface area (Å²) in [5, 5.41) is 3.28. The lowest BCUT2D eigenvalue weighted by Crippen LogP contribution is -2.35. The van der Waals surface area contributed by atoms with E-state index in [9.17, 15) is 4.79 Å². The molecule has 1 unspecified atom stereocenters. The lowest BCUT2D eigenvalue weighted by Gasteiger charge is -2.12. The zero-order valence-corrected chi connectivity index (χ0v) is 12.6. The Morgan fingerprint density at radius 3 is 2.88 bits per heavy atom. The van der Waals surface area contributed by atoms with Gasteiger partial charge in [0.05, 0.1) is 16.8 Å². The molecular weight excluding hydrogens is 351 g/mol. The monoisotopic (exact) mass is 366 g/mol. The molecule has 1 aromatic carbocycles. The van der Waals surface area contributed by atoms with Crippen LogP contribution in [0.25, 0.3) is 0 Å². The summed E-state index contributed by atoms with van der Waals surface area (Å²) >= 11 is 8.19. The van der Waals surface area contributed by atoms with Crippen molar-refractivity contribution in [1.82, 2.24) is 0 Å². The first-order valence-corrected chi connectivity index (χ1v) is 7.01. The molecule has 17 heavy (non-hydrogen) atoms. The van der Waals surface area contributed by atoms with E-state index in [1.54, 1.807) is 12.1 Å². The zero-order chi connectivity index (χ0) is 12.8. The quantitative estimate of drug-likeness (QED) is 0.785. The standard InChI is InChI=1S/C12H16ClIN2O/c1-2-3-4-10(15)12(17)16-11-6-5-8(14)7-9(11)13/h5-7,10H,2-4,15H2,1H3,(H,16,17). The van der Waals surface area contributed by atoms with Gasteiger partial charge in [0.1, 0.15) is 0 Å². The number of benzene rings is 1. The summed E-state index contributed by atoms with van der Waals surface area (Å²) in [7, 11) is 0. The Bertz CT molecular complexity index is 398. The van der Waals surface area contributed by atoms with Crippen molar-refractivity contribution < 1.29 is 4.79 Å². The van der Waals surface area contributed by atoms with Gasteiger partial charge in [0.15, 0.2) is 0 Å². The molecule has 0 spiro atoms. The molecule has 0 aliphatic rings. The summed E-state index contributed by atoms with van der Waals surface area (Å²) < 4.78 is 1.03. The maximum Gasteiger partial charge on any atom is 0.241 e. The molecule has 0 bridgehead atoms. The van der Waals surface area contributed by atoms with Crippen LogP contribution in [0.1, 0.15) is 26.2 Å². The van der Waals surface area contributed by atoms with Crippen molar-refractivity contribution >= 4 is 45.8 Å². The van der Waals surface area contributed by atoms with Crippen LogP contribution in [0.5, 0.6) is 0 Å². The van der Waals surface area contributed by atoms with Crippen LogP contribution in [0.2, 0.25) is 5.02 Å². The molecule has 0 heterocycles. The number of hydrogen-bond donors (Lipinski definition) is 2. The number of halogens is 2. The van der Waals surface area contributed by atoms with Crippen molar-refractivity contribution in [2.75, 3.05) is 5.32 Å². The van der Waals surface area contributed by atoms with Gasteiger partial charge < -0.3 is 11.1 Å². The Kier molecular flexibility index (Phi) is 6.22. The summed E-state index contributed by atoms with van der Waals surface area (Å²) in [5.41, 5.74) is 6.39. The summed E-state index contributed by atoms with van der Waals surface area (Å²) in [4.78, 5) is 11.8. The van der Waals surface area contributed by atoms with Gasteiger partial charge in [-0.25, -0.2) is 0 Å². The van der Waals surface area contributed by atoms with Gasteiger partial charge in [0.2, 0.25) is 5.91 Å². The first kappa shape index (κ1) is 14.7. The number of nitrogens with one attached hydrogen (secondary N) is 1. The second kappa shape index (κ2) is 7.18. The third-order valence-electron chi connectivity index (χ3n) is 2.39. The van der Waals surface area contributed by atoms with Crippen molar-refractivity contribution in [3.05, 3.63) is 26.8 Å². The Morgan fingerprint density at radius 1 is 1.59 bits per heavy atom. The van der Waals surface area contributed by atoms with Crippen molar-refractivity contribution in [1.29, 1.82) is 0 Å². The van der Waals surface area contributed by atoms with Gasteiger partial charge in [-0.05, 0) is 47.2 Å². The van der Waals surface area contributed by atoms with Crippen LogP contribution in [-0.4, -0.2) is 11.9 Å². The highest BCUT2D eigenvalue weighted by atomic mass is 127. The largest absolute Gasteiger partial charge is 0.323 e. The normalized spacial score (nSPS) is 12.2. The summed E-state index contributed by atoms with van der Waals surface area (Å²) in [6.07, 6.45) is 2.69. The fourth-order valence-corrected chi connectivity index (χ4v) is 2.27. The average Bonchev–Trinajstić information content (AvgIpc) is 2.29. The third kappa shape index (κ3) is 4.81. The minimum atomic E-state index is -0.467. The van der Waals surface area contributed by atoms with Crippen LogP contribution in [0.4, 0.5) is 5.69 Å². The number of hydrogen-bond acceptors (Lipinski definition) is 2. The Labute approximate surface area is 120 Å². The third-order valence-corrected chi connectivity index (χ3v) is 3.38. The number of amides is 1. The highest BCUT2D eigenvalue weighted by Gasteiger charge is 2.14. The summed E-state index contributed by atoms with van der Waals surface area (Å²) in [6, 6.07) is 5.01. The Morgan fingerprint density at radius 2 is 2.29 bits per heavy atom. The van der Waals surface area contributed by atoms with E-state index in [1.807, 2.05) is 6.07 Å². The van der Waals surface area contributed by atoms with Crippen LogP contribution in [0.3, 0.4) is 0 Å². The molecule has 0 aliphatic carbocycles. The number of rotatable bonds is 5. The molecule has 0 fully saturated rings. The second-order valence-corrected chi connectivity index (χ2v) is 5.51. The topological polar surface area (TPSA) is 55.1 Å². The lowest BCUT2D eigenvalue weighted by atomic mass is 10.1. The predicted octanol–water partition coefficient (Wildman–Crippen LogP) is 3.40. The molecule has 0 aliphatic heterocycles. The molecular formula is C12H16ClIN2O. The van der Waals surface area contributed by atoms with E-state index >= 15 is 0 Å². The molecule has 0 radical (unpaired) electrons. The smallest absolute Gasteiger partial charge is 0.241 e. The molecule has 1 amide bonds. The molecule has 1 atom stereocenters. The molecule has 3 N–H and O–H groups in total. The number of nitrogens with two attached hydrogens (primary N) is 1. The van der Waals surface area contributed by atoms with E-state index < -0.39 is 6.04 Å². The van der Waals surface area contributed by atoms with Gasteiger partial charge >= 0.3 is 0 Å². The van der Waals surface area contributed by atoms with E-state index in [-0.39, 0.29) is 5.91 Å². The number of unbranched alkanes of at least 4 members (excludes halogenated alkanes) is 1. The predicted molar refractivity (Wildman–Crippen MR) is 80.3 cm³/mol. The molecule has 0 saturated carbocycles. The van der Waals surface area contributed by atoms with Crippen LogP contribution in [0, 0.1) is 3.57 Å². The Balaban J connectivity index is 2.61. The van der Waals surface area contributed by atoms with Crippen LogP contribution in [0.15, 0.2) is 18.2 Å². The fourth-order valence-electron chi connectivity index (χ4n) is 1.37. The maximum absolute atomic E-state index is 11.8. The van der Waals surface area contributed by atoms with Crippen LogP contribution < -0.4 is 11.1 Å². The van der Waals surface area contributed by atoms with Crippen molar-refractivity contribution in [2.24, 2.45) is 5.73 Å². The highest BCUT2D eigenvalue weighted by Crippen LogP contribution is 2.23. The molecule has 94 valence electrons. The summed E-state index contributed by atoms with van der Waals surface area (Å²) in [5.74, 6) is -0.179. The van der Waals surface area contributed by atoms with Gasteiger partial charge in [0.25, 0.3) is 0 Å². The first-order chi connectivity index (χ1) is 8.04. The maximum atomic E-state index is 11.8. The molecule has 0 saturated heterocycles. The second-order valence-electron chi connectivity index (χ2n) is 3.86. The molecule has 1 aromatic rings. The zero-order valence-electron chi connectivity index (χ0n) is 9.67. The lowest BCUT2D eigenvalue weighted by molar-refractivity contribution is -0.117. The van der Waals surface area contributed by atoms with E-state index in [4.69, 9.17) is 17.3 Å². The average molecular weight is 367 g/mol. The minimum Gasteiger partial charge on any atom is -0.323 e. The van der Waals surface area contributed by atoms with Crippen LogP contribution in [-0.2, 0) is 4.79 Å². The van der Waals surface area contributed by atoms with E-state index in [0.29, 0.717) is 17.1 Å². The fraction of sp³-hybridized carbons (Fsp3) is 0.417. The molecule has 1 rings (SSSR count). The minimum absolute atomic E-state index is 0.179. The van der Waals surface area contributed by atoms with E-state index in [2.05, 4.69) is 34.8 Å². The number of anilines is 1. The number of carbonyl (C=O) groups excluding carboxylic acids is 1. The van der Waals surface area contributed by atoms with Crippen molar-refractivity contribution in [3.8, 4) is 0 Å². The molecule has 3 nitrogen and oxygen atoms in total. The first-order valence-electron chi connectivity index (χ1n) is 5.56. The van der Waals surface area contributed by atoms with Gasteiger partial charge in [-0.15, -0.1) is 0 Å². The van der Waals surface area contributed by atoms with Gasteiger partial charge in [0, 0.05) is 3.57 Å². The molecule has 5 heteroatoms. The summed E-state index contributed by atoms with van der Waals surface area (Å²) in [6.45, 7) is 2.07. The Hall–Kier alpha value is -0.330. The van der Waals surface area contributed by atoms with Gasteiger partial charge in [-0.3, -0.25) is 4.79 Å². The molecule has 0 aromatic heterocycles. The van der Waals surface area contributed by atoms with Gasteiger partial charge in [-0.1, -0.05) is 31.4 Å².